The highest BCUT2D eigenvalue weighted by atomic mass is 79.9. The molecule has 2 unspecified atom stereocenters. The monoisotopic (exact) mass is 295 g/mol. The SMILES string of the molecule is Cl.NC(c1ccc(Br)cc1)C(O)C(=O)O. The van der Waals surface area contributed by atoms with Gasteiger partial charge >= 0.3 is 5.97 Å². The fourth-order valence-electron chi connectivity index (χ4n) is 1.02. The summed E-state index contributed by atoms with van der Waals surface area (Å²) in [5, 5.41) is 17.7. The fraction of sp³-hybridized carbons (Fsp3) is 0.222. The standard InChI is InChI=1S/C9H10BrNO3.ClH/c10-6-3-1-5(2-4-6)7(11)8(12)9(13)14;/h1-4,7-8,12H,11H2,(H,13,14);1H. The average Bonchev–Trinajstić information content (AvgIpc) is 2.16. The molecule has 0 saturated carbocycles. The van der Waals surface area contributed by atoms with E-state index < -0.39 is 18.1 Å². The first-order valence-electron chi connectivity index (χ1n) is 3.94. The van der Waals surface area contributed by atoms with Crippen molar-refractivity contribution < 1.29 is 15.0 Å². The number of carbonyl (C=O) groups is 1. The largest absolute Gasteiger partial charge is 0.479 e. The van der Waals surface area contributed by atoms with Crippen molar-refractivity contribution in [3.63, 3.8) is 0 Å². The van der Waals surface area contributed by atoms with Gasteiger partial charge in [-0.05, 0) is 17.7 Å². The number of nitrogens with two attached hydrogens (primary N) is 1. The molecule has 0 aromatic heterocycles. The van der Waals surface area contributed by atoms with E-state index in [0.717, 1.165) is 4.47 Å². The molecule has 0 radical (unpaired) electrons. The number of carboxylic acids is 1. The summed E-state index contributed by atoms with van der Waals surface area (Å²) in [4.78, 5) is 10.4. The number of aliphatic carboxylic acids is 1. The molecule has 0 aliphatic carbocycles. The summed E-state index contributed by atoms with van der Waals surface area (Å²) in [7, 11) is 0. The third-order valence-electron chi connectivity index (χ3n) is 1.85. The molecule has 0 aliphatic heterocycles. The highest BCUT2D eigenvalue weighted by Crippen LogP contribution is 2.17. The molecule has 0 fully saturated rings. The molecular formula is C9H11BrClNO3. The number of hydrogen-bond donors (Lipinski definition) is 3. The second kappa shape index (κ2) is 6.07. The lowest BCUT2D eigenvalue weighted by Gasteiger charge is -2.15. The van der Waals surface area contributed by atoms with Gasteiger partial charge in [-0.1, -0.05) is 28.1 Å². The molecule has 0 heterocycles. The van der Waals surface area contributed by atoms with Gasteiger partial charge in [-0.3, -0.25) is 0 Å². The summed E-state index contributed by atoms with van der Waals surface area (Å²) in [5.41, 5.74) is 6.13. The van der Waals surface area contributed by atoms with Gasteiger partial charge in [-0.2, -0.15) is 0 Å². The molecule has 1 rings (SSSR count). The van der Waals surface area contributed by atoms with E-state index in [4.69, 9.17) is 10.8 Å². The molecule has 0 aliphatic rings. The predicted octanol–water partition coefficient (Wildman–Crippen LogP) is 1.32. The first-order valence-corrected chi connectivity index (χ1v) is 4.73. The van der Waals surface area contributed by atoms with E-state index >= 15 is 0 Å². The van der Waals surface area contributed by atoms with Crippen molar-refractivity contribution in [2.75, 3.05) is 0 Å². The number of aliphatic hydroxyl groups is 1. The van der Waals surface area contributed by atoms with Gasteiger partial charge in [-0.15, -0.1) is 12.4 Å². The van der Waals surface area contributed by atoms with Gasteiger partial charge in [0.05, 0.1) is 6.04 Å². The number of aliphatic hydroxyl groups excluding tert-OH is 1. The van der Waals surface area contributed by atoms with Crippen LogP contribution in [0.4, 0.5) is 0 Å². The van der Waals surface area contributed by atoms with Crippen LogP contribution >= 0.6 is 28.3 Å². The number of benzene rings is 1. The van der Waals surface area contributed by atoms with E-state index in [1.165, 1.54) is 0 Å². The minimum Gasteiger partial charge on any atom is -0.479 e. The predicted molar refractivity (Wildman–Crippen MR) is 62.0 cm³/mol. The van der Waals surface area contributed by atoms with Crippen LogP contribution in [-0.2, 0) is 4.79 Å². The highest BCUT2D eigenvalue weighted by Gasteiger charge is 2.23. The normalized spacial score (nSPS) is 13.8. The molecular weight excluding hydrogens is 285 g/mol. The average molecular weight is 297 g/mol. The number of carboxylic acid groups (broad SMARTS) is 1. The molecule has 1 aromatic rings. The lowest BCUT2D eigenvalue weighted by Crippen LogP contribution is -2.33. The third-order valence-corrected chi connectivity index (χ3v) is 2.38. The Labute approximate surface area is 102 Å². The van der Waals surface area contributed by atoms with Gasteiger partial charge in [0.1, 0.15) is 0 Å². The first kappa shape index (κ1) is 14.4. The maximum atomic E-state index is 10.4. The lowest BCUT2D eigenvalue weighted by atomic mass is 10.0. The van der Waals surface area contributed by atoms with Gasteiger partial charge in [0, 0.05) is 4.47 Å². The molecule has 2 atom stereocenters. The molecule has 0 amide bonds. The second-order valence-corrected chi connectivity index (χ2v) is 3.78. The Hall–Kier alpha value is -0.620. The number of rotatable bonds is 3. The Kier molecular flexibility index (Phi) is 5.82. The zero-order chi connectivity index (χ0) is 10.7. The molecule has 6 heteroatoms. The Bertz CT molecular complexity index is 331. The Morgan fingerprint density at radius 2 is 1.80 bits per heavy atom. The quantitative estimate of drug-likeness (QED) is 0.785. The van der Waals surface area contributed by atoms with Crippen LogP contribution < -0.4 is 5.73 Å². The van der Waals surface area contributed by atoms with E-state index in [2.05, 4.69) is 15.9 Å². The minimum atomic E-state index is -1.57. The fourth-order valence-corrected chi connectivity index (χ4v) is 1.29. The highest BCUT2D eigenvalue weighted by molar-refractivity contribution is 9.10. The minimum absolute atomic E-state index is 0. The van der Waals surface area contributed by atoms with Gasteiger partial charge in [-0.25, -0.2) is 4.79 Å². The van der Waals surface area contributed by atoms with Crippen molar-refractivity contribution >= 4 is 34.3 Å². The molecule has 84 valence electrons. The molecule has 4 nitrogen and oxygen atoms in total. The topological polar surface area (TPSA) is 83.5 Å². The Morgan fingerprint density at radius 3 is 2.20 bits per heavy atom. The van der Waals surface area contributed by atoms with Crippen LogP contribution in [0.2, 0.25) is 0 Å². The van der Waals surface area contributed by atoms with E-state index in [1.54, 1.807) is 24.3 Å². The molecule has 4 N–H and O–H groups in total. The van der Waals surface area contributed by atoms with Gasteiger partial charge in [0.25, 0.3) is 0 Å². The maximum absolute atomic E-state index is 10.4. The molecule has 15 heavy (non-hydrogen) atoms. The van der Waals surface area contributed by atoms with Crippen molar-refractivity contribution in [1.82, 2.24) is 0 Å². The van der Waals surface area contributed by atoms with Crippen molar-refractivity contribution in [3.05, 3.63) is 34.3 Å². The number of halogens is 2. The summed E-state index contributed by atoms with van der Waals surface area (Å²) in [6.45, 7) is 0. The zero-order valence-corrected chi connectivity index (χ0v) is 10.0. The number of hydrogen-bond acceptors (Lipinski definition) is 3. The zero-order valence-electron chi connectivity index (χ0n) is 7.63. The van der Waals surface area contributed by atoms with E-state index in [-0.39, 0.29) is 12.4 Å². The van der Waals surface area contributed by atoms with Crippen LogP contribution in [0.1, 0.15) is 11.6 Å². The van der Waals surface area contributed by atoms with E-state index in [1.807, 2.05) is 0 Å². The van der Waals surface area contributed by atoms with Crippen molar-refractivity contribution in [1.29, 1.82) is 0 Å². The summed E-state index contributed by atoms with van der Waals surface area (Å²) < 4.78 is 0.873. The molecule has 0 saturated heterocycles. The van der Waals surface area contributed by atoms with Crippen LogP contribution in [0.15, 0.2) is 28.7 Å². The van der Waals surface area contributed by atoms with Crippen molar-refractivity contribution in [2.24, 2.45) is 5.73 Å². The van der Waals surface area contributed by atoms with Crippen LogP contribution in [0, 0.1) is 0 Å². The molecule has 0 bridgehead atoms. The van der Waals surface area contributed by atoms with Gasteiger partial charge in [0.2, 0.25) is 0 Å². The van der Waals surface area contributed by atoms with E-state index in [9.17, 15) is 9.90 Å². The van der Waals surface area contributed by atoms with Crippen LogP contribution in [-0.4, -0.2) is 22.3 Å². The van der Waals surface area contributed by atoms with Gasteiger partial charge < -0.3 is 15.9 Å². The molecule has 0 spiro atoms. The van der Waals surface area contributed by atoms with Crippen LogP contribution in [0.5, 0.6) is 0 Å². The summed E-state index contributed by atoms with van der Waals surface area (Å²) in [6, 6.07) is 5.91. The van der Waals surface area contributed by atoms with Gasteiger partial charge in [0.15, 0.2) is 6.10 Å². The van der Waals surface area contributed by atoms with Crippen LogP contribution in [0.3, 0.4) is 0 Å². The van der Waals surface area contributed by atoms with Crippen LogP contribution in [0.25, 0.3) is 0 Å². The summed E-state index contributed by atoms with van der Waals surface area (Å²) in [6.07, 6.45) is -1.57. The first-order chi connectivity index (χ1) is 6.52. The summed E-state index contributed by atoms with van der Waals surface area (Å²) in [5.74, 6) is -1.32. The van der Waals surface area contributed by atoms with Crippen molar-refractivity contribution in [3.8, 4) is 0 Å². The van der Waals surface area contributed by atoms with E-state index in [0.29, 0.717) is 5.56 Å². The smallest absolute Gasteiger partial charge is 0.334 e. The summed E-state index contributed by atoms with van der Waals surface area (Å²) >= 11 is 3.24. The van der Waals surface area contributed by atoms with Crippen molar-refractivity contribution in [2.45, 2.75) is 12.1 Å². The molecule has 1 aromatic carbocycles. The third kappa shape index (κ3) is 3.79. The Morgan fingerprint density at radius 1 is 1.33 bits per heavy atom. The second-order valence-electron chi connectivity index (χ2n) is 2.86. The Balaban J connectivity index is 0.00000196. The maximum Gasteiger partial charge on any atom is 0.334 e. The lowest BCUT2D eigenvalue weighted by molar-refractivity contribution is -0.147.